The van der Waals surface area contributed by atoms with Crippen LogP contribution in [0.25, 0.3) is 0 Å². The lowest BCUT2D eigenvalue weighted by Gasteiger charge is -1.92. The van der Waals surface area contributed by atoms with Crippen LogP contribution in [-0.4, -0.2) is 44.4 Å². The third-order valence-corrected chi connectivity index (χ3v) is 11.5. The molecule has 0 saturated carbocycles. The van der Waals surface area contributed by atoms with Crippen LogP contribution in [0.1, 0.15) is 6.92 Å². The van der Waals surface area contributed by atoms with E-state index in [0.717, 1.165) is 17.1 Å². The van der Waals surface area contributed by atoms with Gasteiger partial charge in [0.2, 0.25) is 0 Å². The van der Waals surface area contributed by atoms with Gasteiger partial charge in [-0.1, -0.05) is 35.5 Å². The highest BCUT2D eigenvalue weighted by atomic mass is 29.5. The van der Waals surface area contributed by atoms with Gasteiger partial charge in [-0.25, -0.2) is 0 Å². The Hall–Kier alpha value is 0.0475. The summed E-state index contributed by atoms with van der Waals surface area (Å²) in [5, 5.41) is 1.68. The zero-order valence-electron chi connectivity index (χ0n) is 8.92. The Labute approximate surface area is 91.5 Å². The first-order valence-electron chi connectivity index (χ1n) is 4.88. The highest BCUT2D eigenvalue weighted by molar-refractivity contribution is 7.27. The molecule has 0 spiro atoms. The maximum Gasteiger partial charge on any atom is 0.145 e. The Morgan fingerprint density at radius 2 is 1.85 bits per heavy atom. The molecule has 0 aliphatic heterocycles. The predicted octanol–water partition coefficient (Wildman–Crippen LogP) is -2.85. The molecule has 1 aromatic carbocycles. The molecule has 0 atom stereocenters. The van der Waals surface area contributed by atoms with Crippen molar-refractivity contribution < 1.29 is 4.43 Å². The highest BCUT2D eigenvalue weighted by Gasteiger charge is 1.86. The van der Waals surface area contributed by atoms with Gasteiger partial charge in [0.25, 0.3) is 0 Å². The summed E-state index contributed by atoms with van der Waals surface area (Å²) in [7, 11) is 3.21. The first-order chi connectivity index (χ1) is 6.35. The minimum atomic E-state index is 0.300. The molecule has 0 amide bonds. The summed E-state index contributed by atoms with van der Waals surface area (Å²) >= 11 is 0. The van der Waals surface area contributed by atoms with Gasteiger partial charge in [0.15, 0.2) is 0 Å². The SMILES string of the molecule is CCO[SiH3].[SiH3][SiH2][SiH2]c1ccccc1. The Bertz CT molecular complexity index is 191. The molecule has 13 heavy (non-hydrogen) atoms. The summed E-state index contributed by atoms with van der Waals surface area (Å²) in [5.41, 5.74) is 0. The van der Waals surface area contributed by atoms with Crippen LogP contribution >= 0.6 is 0 Å². The fourth-order valence-electron chi connectivity index (χ4n) is 0.933. The maximum atomic E-state index is 4.68. The smallest absolute Gasteiger partial charge is 0.145 e. The molecule has 1 aromatic rings. The van der Waals surface area contributed by atoms with Crippen LogP contribution in [0, 0.1) is 0 Å². The van der Waals surface area contributed by atoms with Gasteiger partial charge in [0.1, 0.15) is 10.5 Å². The van der Waals surface area contributed by atoms with Crippen LogP contribution in [-0.2, 0) is 4.43 Å². The first kappa shape index (κ1) is 13.0. The van der Waals surface area contributed by atoms with Crippen molar-refractivity contribution in [3.8, 4) is 0 Å². The van der Waals surface area contributed by atoms with Gasteiger partial charge in [0.05, 0.1) is 0 Å². The van der Waals surface area contributed by atoms with E-state index in [2.05, 4.69) is 34.8 Å². The van der Waals surface area contributed by atoms with E-state index in [1.165, 1.54) is 9.76 Å². The second-order valence-electron chi connectivity index (χ2n) is 2.81. The molecule has 0 unspecified atom stereocenters. The maximum absolute atomic E-state index is 4.68. The predicted molar refractivity (Wildman–Crippen MR) is 74.7 cm³/mol. The van der Waals surface area contributed by atoms with E-state index in [9.17, 15) is 0 Å². The summed E-state index contributed by atoms with van der Waals surface area (Å²) in [6, 6.07) is 11.0. The topological polar surface area (TPSA) is 9.23 Å². The van der Waals surface area contributed by atoms with Crippen LogP contribution in [0.2, 0.25) is 0 Å². The van der Waals surface area contributed by atoms with Gasteiger partial charge < -0.3 is 4.43 Å². The average Bonchev–Trinajstić information content (AvgIpc) is 2.20. The third-order valence-electron chi connectivity index (χ3n) is 1.67. The summed E-state index contributed by atoms with van der Waals surface area (Å²) in [4.78, 5) is 0. The van der Waals surface area contributed by atoms with E-state index >= 15 is 0 Å². The molecule has 5 heteroatoms. The van der Waals surface area contributed by atoms with Crippen molar-refractivity contribution in [1.82, 2.24) is 0 Å². The van der Waals surface area contributed by atoms with Gasteiger partial charge >= 0.3 is 0 Å². The van der Waals surface area contributed by atoms with Crippen LogP contribution in [0.4, 0.5) is 0 Å². The summed E-state index contributed by atoms with van der Waals surface area (Å²) in [5.74, 6) is 0. The van der Waals surface area contributed by atoms with Crippen LogP contribution in [0.5, 0.6) is 0 Å². The van der Waals surface area contributed by atoms with E-state index < -0.39 is 0 Å². The minimum absolute atomic E-state index is 0.300. The van der Waals surface area contributed by atoms with Gasteiger partial charge in [-0.05, 0) is 25.2 Å². The van der Waals surface area contributed by atoms with E-state index in [1.807, 2.05) is 6.92 Å². The van der Waals surface area contributed by atoms with Crippen molar-refractivity contribution in [3.05, 3.63) is 30.3 Å². The Morgan fingerprint density at radius 3 is 2.23 bits per heavy atom. The Balaban J connectivity index is 0.000000310. The second kappa shape index (κ2) is 10.1. The molecule has 0 heterocycles. The monoisotopic (exact) mass is 244 g/mol. The molecular weight excluding hydrogens is 224 g/mol. The molecule has 0 aliphatic carbocycles. The molecule has 1 rings (SSSR count). The van der Waals surface area contributed by atoms with Crippen molar-refractivity contribution in [2.45, 2.75) is 6.92 Å². The first-order valence-corrected chi connectivity index (χ1v) is 16.1. The number of rotatable bonds is 3. The lowest BCUT2D eigenvalue weighted by atomic mass is 10.4. The molecule has 74 valence electrons. The largest absolute Gasteiger partial charge is 0.428 e. The zero-order chi connectivity index (χ0) is 9.94. The zero-order valence-corrected chi connectivity index (χ0v) is 15.7. The van der Waals surface area contributed by atoms with Gasteiger partial charge in [-0.2, -0.15) is 0 Å². The van der Waals surface area contributed by atoms with Crippen LogP contribution in [0.3, 0.4) is 0 Å². The standard InChI is InChI=1S/C6H12Si3.C2H8OSi/c7-9-8-6-4-2-1-3-5-6;1-2-3-4/h1-5H,8-9H2,7H3;2H2,1,4H3. The van der Waals surface area contributed by atoms with E-state index in [0.29, 0.717) is 17.6 Å². The minimum Gasteiger partial charge on any atom is -0.428 e. The third kappa shape index (κ3) is 8.38. The number of hydrogen-bond acceptors (Lipinski definition) is 1. The lowest BCUT2D eigenvalue weighted by Crippen LogP contribution is -2.19. The molecule has 0 saturated heterocycles. The van der Waals surface area contributed by atoms with Gasteiger partial charge in [0, 0.05) is 15.6 Å². The fraction of sp³-hybridized carbons (Fsp3) is 0.250. The normalized spacial score (nSPS) is 11.2. The Kier molecular flexibility index (Phi) is 10.2. The van der Waals surface area contributed by atoms with Crippen molar-refractivity contribution >= 4 is 43.0 Å². The summed E-state index contributed by atoms with van der Waals surface area (Å²) < 4.78 is 4.68. The molecule has 0 radical (unpaired) electrons. The van der Waals surface area contributed by atoms with Crippen molar-refractivity contribution in [3.63, 3.8) is 0 Å². The highest BCUT2D eigenvalue weighted by Crippen LogP contribution is 1.79. The van der Waals surface area contributed by atoms with E-state index in [-0.39, 0.29) is 0 Å². The van der Waals surface area contributed by atoms with Gasteiger partial charge in [-0.15, -0.1) is 0 Å². The summed E-state index contributed by atoms with van der Waals surface area (Å²) in [6.45, 7) is 2.87. The lowest BCUT2D eigenvalue weighted by molar-refractivity contribution is 0.375. The van der Waals surface area contributed by atoms with Gasteiger partial charge in [-0.3, -0.25) is 0 Å². The van der Waals surface area contributed by atoms with Crippen molar-refractivity contribution in [2.24, 2.45) is 0 Å². The van der Waals surface area contributed by atoms with Crippen molar-refractivity contribution in [2.75, 3.05) is 6.61 Å². The molecule has 1 nitrogen and oxygen atoms in total. The fourth-order valence-corrected chi connectivity index (χ4v) is 10.0. The number of hydrogen-bond donors (Lipinski definition) is 0. The quantitative estimate of drug-likeness (QED) is 0.520. The summed E-state index contributed by atoms with van der Waals surface area (Å²) in [6.07, 6.45) is 0. The molecular formula is C8H20OSi4. The van der Waals surface area contributed by atoms with E-state index in [4.69, 9.17) is 0 Å². The molecule has 0 N–H and O–H groups in total. The van der Waals surface area contributed by atoms with Crippen LogP contribution in [0.15, 0.2) is 30.3 Å². The second-order valence-corrected chi connectivity index (χ2v) is 19.2. The molecule has 0 aliphatic rings. The Morgan fingerprint density at radius 1 is 1.31 bits per heavy atom. The van der Waals surface area contributed by atoms with E-state index in [1.54, 1.807) is 5.19 Å². The van der Waals surface area contributed by atoms with Crippen LogP contribution < -0.4 is 5.19 Å². The van der Waals surface area contributed by atoms with Crippen molar-refractivity contribution in [1.29, 1.82) is 0 Å². The molecule has 0 aromatic heterocycles. The molecule has 0 fully saturated rings. The molecule has 0 bridgehead atoms. The number of benzene rings is 1. The average molecular weight is 245 g/mol.